The average molecular weight is 320 g/mol. The number of nitrogens with zero attached hydrogens (tertiary/aromatic N) is 1. The number of benzene rings is 1. The largest absolute Gasteiger partial charge is 0.448 e. The molecule has 1 aliphatic rings. The van der Waals surface area contributed by atoms with E-state index in [-0.39, 0.29) is 5.69 Å². The van der Waals surface area contributed by atoms with Gasteiger partial charge in [-0.25, -0.2) is 13.8 Å². The quantitative estimate of drug-likeness (QED) is 0.934. The van der Waals surface area contributed by atoms with Gasteiger partial charge in [0, 0.05) is 11.6 Å². The number of hydrogen-bond acceptors (Lipinski definition) is 3. The van der Waals surface area contributed by atoms with Gasteiger partial charge < -0.3 is 9.73 Å². The maximum atomic E-state index is 14.3. The zero-order valence-corrected chi connectivity index (χ0v) is 12.9. The minimum absolute atomic E-state index is 0.192. The van der Waals surface area contributed by atoms with E-state index >= 15 is 0 Å². The monoisotopic (exact) mass is 320 g/mol. The third kappa shape index (κ3) is 2.98. The predicted octanol–water partition coefficient (Wildman–Crippen LogP) is 3.85. The van der Waals surface area contributed by atoms with Crippen molar-refractivity contribution in [3.8, 4) is 0 Å². The van der Waals surface area contributed by atoms with Crippen molar-refractivity contribution >= 4 is 5.91 Å². The molecule has 0 saturated heterocycles. The zero-order valence-electron chi connectivity index (χ0n) is 12.9. The normalized spacial score (nSPS) is 17.0. The van der Waals surface area contributed by atoms with Crippen LogP contribution in [-0.4, -0.2) is 10.9 Å². The molecule has 1 saturated carbocycles. The summed E-state index contributed by atoms with van der Waals surface area (Å²) < 4.78 is 32.6. The summed E-state index contributed by atoms with van der Waals surface area (Å²) in [6.45, 7) is 1.65. The number of halogens is 2. The van der Waals surface area contributed by atoms with E-state index in [0.29, 0.717) is 24.2 Å². The predicted molar refractivity (Wildman–Crippen MR) is 79.8 cm³/mol. The molecule has 6 heteroatoms. The maximum absolute atomic E-state index is 14.3. The van der Waals surface area contributed by atoms with Crippen molar-refractivity contribution in [1.29, 1.82) is 0 Å². The summed E-state index contributed by atoms with van der Waals surface area (Å²) in [6, 6.07) is 3.51. The first-order valence-electron chi connectivity index (χ1n) is 7.70. The van der Waals surface area contributed by atoms with Gasteiger partial charge >= 0.3 is 0 Å². The standard InChI is InChI=1S/C17H18F2N2O2/c1-11-15(20-10-23-11)16(22)21-17(7-3-2-4-8-17)13-6-5-12(18)9-14(13)19/h5-6,9-10H,2-4,7-8H2,1H3,(H,21,22). The van der Waals surface area contributed by atoms with Crippen LogP contribution >= 0.6 is 0 Å². The Balaban J connectivity index is 1.97. The SMILES string of the molecule is Cc1ocnc1C(=O)NC1(c2ccc(F)cc2F)CCCCC1. The fraction of sp³-hybridized carbons (Fsp3) is 0.412. The number of oxazole rings is 1. The van der Waals surface area contributed by atoms with Crippen LogP contribution in [0.2, 0.25) is 0 Å². The van der Waals surface area contributed by atoms with Crippen molar-refractivity contribution in [2.45, 2.75) is 44.6 Å². The van der Waals surface area contributed by atoms with Crippen molar-refractivity contribution in [2.75, 3.05) is 0 Å². The van der Waals surface area contributed by atoms with Crippen LogP contribution in [0.15, 0.2) is 29.0 Å². The first kappa shape index (κ1) is 15.6. The number of rotatable bonds is 3. The Hall–Kier alpha value is -2.24. The van der Waals surface area contributed by atoms with Crippen molar-refractivity contribution in [3.63, 3.8) is 0 Å². The fourth-order valence-corrected chi connectivity index (χ4v) is 3.29. The summed E-state index contributed by atoms with van der Waals surface area (Å²) in [7, 11) is 0. The van der Waals surface area contributed by atoms with Gasteiger partial charge in [-0.2, -0.15) is 0 Å². The molecule has 4 nitrogen and oxygen atoms in total. The van der Waals surface area contributed by atoms with E-state index in [9.17, 15) is 13.6 Å². The molecule has 23 heavy (non-hydrogen) atoms. The number of hydrogen-bond donors (Lipinski definition) is 1. The topological polar surface area (TPSA) is 55.1 Å². The molecule has 3 rings (SSSR count). The maximum Gasteiger partial charge on any atom is 0.274 e. The van der Waals surface area contributed by atoms with Gasteiger partial charge in [0.25, 0.3) is 5.91 Å². The summed E-state index contributed by atoms with van der Waals surface area (Å²) in [5.41, 5.74) is -0.316. The molecule has 0 bridgehead atoms. The molecule has 2 aromatic rings. The Bertz CT molecular complexity index is 721. The molecule has 1 heterocycles. The molecular formula is C17H18F2N2O2. The lowest BCUT2D eigenvalue weighted by Gasteiger charge is -2.38. The highest BCUT2D eigenvalue weighted by atomic mass is 19.1. The van der Waals surface area contributed by atoms with Crippen LogP contribution in [-0.2, 0) is 5.54 Å². The number of aryl methyl sites for hydroxylation is 1. The van der Waals surface area contributed by atoms with Crippen LogP contribution in [0.25, 0.3) is 0 Å². The molecule has 0 aliphatic heterocycles. The molecule has 1 aromatic carbocycles. The van der Waals surface area contributed by atoms with Crippen LogP contribution in [0.3, 0.4) is 0 Å². The van der Waals surface area contributed by atoms with Crippen LogP contribution in [0, 0.1) is 18.6 Å². The summed E-state index contributed by atoms with van der Waals surface area (Å²) in [5, 5.41) is 2.93. The van der Waals surface area contributed by atoms with E-state index in [2.05, 4.69) is 10.3 Å². The number of carbonyl (C=O) groups is 1. The second-order valence-electron chi connectivity index (χ2n) is 5.98. The number of aromatic nitrogens is 1. The lowest BCUT2D eigenvalue weighted by atomic mass is 9.76. The van der Waals surface area contributed by atoms with Gasteiger partial charge in [-0.1, -0.05) is 25.3 Å². The Kier molecular flexibility index (Phi) is 4.15. The van der Waals surface area contributed by atoms with Crippen LogP contribution in [0.5, 0.6) is 0 Å². The molecule has 0 unspecified atom stereocenters. The summed E-state index contributed by atoms with van der Waals surface area (Å²) in [6.07, 6.45) is 5.19. The van der Waals surface area contributed by atoms with E-state index < -0.39 is 23.1 Å². The molecular weight excluding hydrogens is 302 g/mol. The van der Waals surface area contributed by atoms with E-state index in [4.69, 9.17) is 4.42 Å². The highest BCUT2D eigenvalue weighted by Gasteiger charge is 2.38. The van der Waals surface area contributed by atoms with Gasteiger partial charge in [-0.05, 0) is 25.8 Å². The van der Waals surface area contributed by atoms with Crippen LogP contribution in [0.4, 0.5) is 8.78 Å². The van der Waals surface area contributed by atoms with Gasteiger partial charge in [0.2, 0.25) is 0 Å². The Morgan fingerprint density at radius 3 is 2.61 bits per heavy atom. The van der Waals surface area contributed by atoms with Gasteiger partial charge in [0.05, 0.1) is 5.54 Å². The summed E-state index contributed by atoms with van der Waals surface area (Å²) in [4.78, 5) is 16.4. The van der Waals surface area contributed by atoms with Crippen molar-refractivity contribution in [1.82, 2.24) is 10.3 Å². The van der Waals surface area contributed by atoms with E-state index in [1.165, 1.54) is 18.5 Å². The minimum Gasteiger partial charge on any atom is -0.448 e. The molecule has 1 aromatic heterocycles. The third-order valence-electron chi connectivity index (χ3n) is 4.47. The van der Waals surface area contributed by atoms with E-state index in [1.807, 2.05) is 0 Å². The van der Waals surface area contributed by atoms with Gasteiger partial charge in [0.1, 0.15) is 17.4 Å². The molecule has 0 spiro atoms. The Morgan fingerprint density at radius 2 is 2.00 bits per heavy atom. The summed E-state index contributed by atoms with van der Waals surface area (Å²) >= 11 is 0. The molecule has 1 N–H and O–H groups in total. The molecule has 0 radical (unpaired) electrons. The second kappa shape index (κ2) is 6.10. The molecule has 0 atom stereocenters. The lowest BCUT2D eigenvalue weighted by molar-refractivity contribution is 0.0857. The molecule has 122 valence electrons. The number of carbonyl (C=O) groups excluding carboxylic acids is 1. The van der Waals surface area contributed by atoms with Gasteiger partial charge in [0.15, 0.2) is 12.1 Å². The fourth-order valence-electron chi connectivity index (χ4n) is 3.29. The van der Waals surface area contributed by atoms with Gasteiger partial charge in [-0.3, -0.25) is 4.79 Å². The highest BCUT2D eigenvalue weighted by molar-refractivity contribution is 5.93. The van der Waals surface area contributed by atoms with Crippen molar-refractivity contribution < 1.29 is 18.0 Å². The first-order chi connectivity index (χ1) is 11.0. The number of amides is 1. The van der Waals surface area contributed by atoms with E-state index in [1.54, 1.807) is 6.92 Å². The average Bonchev–Trinajstić information content (AvgIpc) is 2.94. The van der Waals surface area contributed by atoms with E-state index in [0.717, 1.165) is 25.3 Å². The molecule has 1 fully saturated rings. The third-order valence-corrected chi connectivity index (χ3v) is 4.47. The van der Waals surface area contributed by atoms with Crippen molar-refractivity contribution in [2.24, 2.45) is 0 Å². The Labute approximate surface area is 132 Å². The van der Waals surface area contributed by atoms with Crippen LogP contribution in [0.1, 0.15) is 53.9 Å². The smallest absolute Gasteiger partial charge is 0.274 e. The first-order valence-corrected chi connectivity index (χ1v) is 7.70. The highest BCUT2D eigenvalue weighted by Crippen LogP contribution is 2.38. The Morgan fingerprint density at radius 1 is 1.26 bits per heavy atom. The van der Waals surface area contributed by atoms with Crippen molar-refractivity contribution in [3.05, 3.63) is 53.2 Å². The molecule has 1 amide bonds. The lowest BCUT2D eigenvalue weighted by Crippen LogP contribution is -2.48. The molecule has 1 aliphatic carbocycles. The minimum atomic E-state index is -0.835. The number of nitrogens with one attached hydrogen (secondary N) is 1. The zero-order chi connectivity index (χ0) is 16.4. The summed E-state index contributed by atoms with van der Waals surface area (Å²) in [5.74, 6) is -1.25. The second-order valence-corrected chi connectivity index (χ2v) is 5.98. The van der Waals surface area contributed by atoms with Gasteiger partial charge in [-0.15, -0.1) is 0 Å². The van der Waals surface area contributed by atoms with Crippen LogP contribution < -0.4 is 5.32 Å².